The van der Waals surface area contributed by atoms with Gasteiger partial charge in [0.05, 0.1) is 7.11 Å². The molecule has 0 saturated carbocycles. The fourth-order valence-electron chi connectivity index (χ4n) is 4.02. The number of fused-ring (bicyclic) bond motifs is 3. The van der Waals surface area contributed by atoms with Crippen molar-refractivity contribution in [1.29, 1.82) is 0 Å². The SMILES string of the molecule is COc1cccc(N2CCN(C(=O)c3noc4c3CCc3sccc3-4)CC2)c1. The molecule has 0 unspecified atom stereocenters. The normalized spacial score (nSPS) is 15.9. The number of methoxy groups -OCH3 is 1. The van der Waals surface area contributed by atoms with E-state index in [9.17, 15) is 4.79 Å². The number of aryl methyl sites for hydroxylation is 1. The van der Waals surface area contributed by atoms with Gasteiger partial charge in [-0.2, -0.15) is 0 Å². The van der Waals surface area contributed by atoms with Gasteiger partial charge in [-0.05, 0) is 36.4 Å². The van der Waals surface area contributed by atoms with Gasteiger partial charge in [-0.15, -0.1) is 11.3 Å². The van der Waals surface area contributed by atoms with Gasteiger partial charge < -0.3 is 19.1 Å². The number of hydrogen-bond donors (Lipinski definition) is 0. The second kappa shape index (κ2) is 6.98. The summed E-state index contributed by atoms with van der Waals surface area (Å²) >= 11 is 1.74. The predicted octanol–water partition coefficient (Wildman–Crippen LogP) is 3.47. The molecule has 1 saturated heterocycles. The number of carbonyl (C=O) groups excluding carboxylic acids is 1. The zero-order chi connectivity index (χ0) is 19.1. The van der Waals surface area contributed by atoms with Crippen LogP contribution in [-0.2, 0) is 12.8 Å². The summed E-state index contributed by atoms with van der Waals surface area (Å²) in [6, 6.07) is 10.1. The first-order valence-corrected chi connectivity index (χ1v) is 10.4. The van der Waals surface area contributed by atoms with Crippen molar-refractivity contribution in [3.8, 4) is 17.1 Å². The Balaban J connectivity index is 1.31. The number of hydrogen-bond acceptors (Lipinski definition) is 6. The molecule has 144 valence electrons. The third-order valence-electron chi connectivity index (χ3n) is 5.57. The first kappa shape index (κ1) is 17.3. The molecular formula is C21H21N3O3S. The highest BCUT2D eigenvalue weighted by atomic mass is 32.1. The number of rotatable bonds is 3. The highest BCUT2D eigenvalue weighted by Crippen LogP contribution is 2.38. The van der Waals surface area contributed by atoms with Crippen molar-refractivity contribution in [2.75, 3.05) is 38.2 Å². The third-order valence-corrected chi connectivity index (χ3v) is 6.55. The highest BCUT2D eigenvalue weighted by molar-refractivity contribution is 7.10. The summed E-state index contributed by atoms with van der Waals surface area (Å²) in [5.41, 5.74) is 3.67. The van der Waals surface area contributed by atoms with Crippen LogP contribution in [-0.4, -0.2) is 49.3 Å². The van der Waals surface area contributed by atoms with Gasteiger partial charge in [-0.3, -0.25) is 4.79 Å². The predicted molar refractivity (Wildman–Crippen MR) is 108 cm³/mol. The molecule has 2 aliphatic rings. The molecule has 3 heterocycles. The van der Waals surface area contributed by atoms with E-state index in [0.29, 0.717) is 18.8 Å². The van der Waals surface area contributed by atoms with Crippen molar-refractivity contribution in [2.24, 2.45) is 0 Å². The average Bonchev–Trinajstić information content (AvgIpc) is 3.40. The summed E-state index contributed by atoms with van der Waals surface area (Å²) in [4.78, 5) is 18.6. The third kappa shape index (κ3) is 2.86. The van der Waals surface area contributed by atoms with Gasteiger partial charge in [-0.1, -0.05) is 11.2 Å². The van der Waals surface area contributed by atoms with E-state index in [0.717, 1.165) is 54.3 Å². The lowest BCUT2D eigenvalue weighted by molar-refractivity contribution is 0.0735. The molecule has 1 aliphatic heterocycles. The van der Waals surface area contributed by atoms with Gasteiger partial charge in [0.15, 0.2) is 11.5 Å². The van der Waals surface area contributed by atoms with Crippen molar-refractivity contribution < 1.29 is 14.1 Å². The van der Waals surface area contributed by atoms with Crippen molar-refractivity contribution in [3.05, 3.63) is 51.8 Å². The first-order chi connectivity index (χ1) is 13.7. The maximum atomic E-state index is 13.1. The quantitative estimate of drug-likeness (QED) is 0.680. The van der Waals surface area contributed by atoms with Gasteiger partial charge in [0, 0.05) is 53.9 Å². The Morgan fingerprint density at radius 3 is 2.86 bits per heavy atom. The largest absolute Gasteiger partial charge is 0.497 e. The van der Waals surface area contributed by atoms with Crippen LogP contribution in [0.15, 0.2) is 40.2 Å². The number of piperazine rings is 1. The Morgan fingerprint density at radius 2 is 2.04 bits per heavy atom. The molecule has 1 aromatic carbocycles. The van der Waals surface area contributed by atoms with Crippen molar-refractivity contribution in [3.63, 3.8) is 0 Å². The summed E-state index contributed by atoms with van der Waals surface area (Å²) in [7, 11) is 1.67. The molecule has 2 aromatic heterocycles. The van der Waals surface area contributed by atoms with Crippen LogP contribution in [0.5, 0.6) is 5.75 Å². The van der Waals surface area contributed by atoms with Gasteiger partial charge >= 0.3 is 0 Å². The minimum Gasteiger partial charge on any atom is -0.497 e. The van der Waals surface area contributed by atoms with Crippen LogP contribution in [0.1, 0.15) is 20.9 Å². The zero-order valence-electron chi connectivity index (χ0n) is 15.7. The summed E-state index contributed by atoms with van der Waals surface area (Å²) in [5.74, 6) is 1.60. The molecule has 0 bridgehead atoms. The summed E-state index contributed by atoms with van der Waals surface area (Å²) in [6.07, 6.45) is 1.77. The summed E-state index contributed by atoms with van der Waals surface area (Å²) < 4.78 is 10.9. The standard InChI is InChI=1S/C21H21N3O3S/c1-26-15-4-2-3-14(13-15)23-8-10-24(11-9-23)21(25)19-17-5-6-18-16(7-12-28-18)20(17)27-22-19/h2-4,7,12-13H,5-6,8-11H2,1H3. The van der Waals surface area contributed by atoms with Crippen molar-refractivity contribution in [1.82, 2.24) is 10.1 Å². The highest BCUT2D eigenvalue weighted by Gasteiger charge is 2.31. The number of amides is 1. The van der Waals surface area contributed by atoms with E-state index in [1.165, 1.54) is 4.88 Å². The first-order valence-electron chi connectivity index (χ1n) is 9.48. The maximum absolute atomic E-state index is 13.1. The molecule has 28 heavy (non-hydrogen) atoms. The van der Waals surface area contributed by atoms with Gasteiger partial charge in [0.2, 0.25) is 0 Å². The van der Waals surface area contributed by atoms with Gasteiger partial charge in [0.1, 0.15) is 5.75 Å². The van der Waals surface area contributed by atoms with Crippen LogP contribution in [0.3, 0.4) is 0 Å². The smallest absolute Gasteiger partial charge is 0.276 e. The van der Waals surface area contributed by atoms with Gasteiger partial charge in [-0.25, -0.2) is 0 Å². The molecule has 1 fully saturated rings. The van der Waals surface area contributed by atoms with E-state index >= 15 is 0 Å². The number of anilines is 1. The molecule has 6 nitrogen and oxygen atoms in total. The monoisotopic (exact) mass is 395 g/mol. The van der Waals surface area contributed by atoms with Crippen LogP contribution in [0, 0.1) is 0 Å². The van der Waals surface area contributed by atoms with E-state index in [4.69, 9.17) is 9.26 Å². The van der Waals surface area contributed by atoms with Crippen molar-refractivity contribution >= 4 is 22.9 Å². The number of nitrogens with zero attached hydrogens (tertiary/aromatic N) is 3. The lowest BCUT2D eigenvalue weighted by Crippen LogP contribution is -2.49. The van der Waals surface area contributed by atoms with E-state index in [1.807, 2.05) is 23.1 Å². The van der Waals surface area contributed by atoms with E-state index < -0.39 is 0 Å². The number of ether oxygens (including phenoxy) is 1. The number of thiophene rings is 1. The van der Waals surface area contributed by atoms with Crippen LogP contribution in [0.2, 0.25) is 0 Å². The van der Waals surface area contributed by atoms with E-state index in [1.54, 1.807) is 18.4 Å². The lowest BCUT2D eigenvalue weighted by Gasteiger charge is -2.36. The number of carbonyl (C=O) groups is 1. The Hall–Kier alpha value is -2.80. The topological polar surface area (TPSA) is 58.8 Å². The fourth-order valence-corrected chi connectivity index (χ4v) is 4.90. The number of benzene rings is 1. The Morgan fingerprint density at radius 1 is 1.18 bits per heavy atom. The molecule has 0 N–H and O–H groups in total. The van der Waals surface area contributed by atoms with Crippen LogP contribution in [0.4, 0.5) is 5.69 Å². The maximum Gasteiger partial charge on any atom is 0.276 e. The molecule has 5 rings (SSSR count). The second-order valence-electron chi connectivity index (χ2n) is 7.08. The van der Waals surface area contributed by atoms with E-state index in [-0.39, 0.29) is 5.91 Å². The molecule has 7 heteroatoms. The number of aromatic nitrogens is 1. The van der Waals surface area contributed by atoms with Crippen LogP contribution < -0.4 is 9.64 Å². The van der Waals surface area contributed by atoms with Crippen molar-refractivity contribution in [2.45, 2.75) is 12.8 Å². The molecular weight excluding hydrogens is 374 g/mol. The molecule has 0 radical (unpaired) electrons. The van der Waals surface area contributed by atoms with E-state index in [2.05, 4.69) is 27.6 Å². The minimum absolute atomic E-state index is 0.0195. The molecule has 0 atom stereocenters. The van der Waals surface area contributed by atoms with Crippen LogP contribution >= 0.6 is 11.3 Å². The average molecular weight is 395 g/mol. The fraction of sp³-hybridized carbons (Fsp3) is 0.333. The summed E-state index contributed by atoms with van der Waals surface area (Å²) in [5, 5.41) is 6.23. The van der Waals surface area contributed by atoms with Crippen LogP contribution in [0.25, 0.3) is 11.3 Å². The second-order valence-corrected chi connectivity index (χ2v) is 8.08. The molecule has 3 aromatic rings. The lowest BCUT2D eigenvalue weighted by atomic mass is 9.95. The molecule has 1 aliphatic carbocycles. The Labute approximate surface area is 167 Å². The molecule has 1 amide bonds. The minimum atomic E-state index is -0.0195. The molecule has 0 spiro atoms. The zero-order valence-corrected chi connectivity index (χ0v) is 16.5. The Bertz CT molecular complexity index is 1020. The Kier molecular flexibility index (Phi) is 4.31. The van der Waals surface area contributed by atoms with Gasteiger partial charge in [0.25, 0.3) is 5.91 Å². The summed E-state index contributed by atoms with van der Waals surface area (Å²) in [6.45, 7) is 2.91.